The van der Waals surface area contributed by atoms with Gasteiger partial charge in [0.1, 0.15) is 128 Å². The van der Waals surface area contributed by atoms with E-state index < -0.39 is 243 Å². The Morgan fingerprint density at radius 3 is 1.64 bits per heavy atom. The van der Waals surface area contributed by atoms with Crippen molar-refractivity contribution in [3.05, 3.63) is 11.6 Å². The van der Waals surface area contributed by atoms with Gasteiger partial charge in [-0.2, -0.15) is 0 Å². The van der Waals surface area contributed by atoms with Gasteiger partial charge in [-0.3, -0.25) is 8.98 Å². The Morgan fingerprint density at radius 2 is 1.07 bits per heavy atom. The smallest absolute Gasteiger partial charge is 0.726 e. The molecule has 0 bridgehead atoms. The molecule has 6 saturated heterocycles. The van der Waals surface area contributed by atoms with Crippen molar-refractivity contribution in [3.63, 3.8) is 0 Å². The average molecular weight is 1430 g/mol. The first-order valence-electron chi connectivity index (χ1n) is 33.4. The summed E-state index contributed by atoms with van der Waals surface area (Å²) in [4.78, 5) is 13.3. The Hall–Kier alpha value is -0.840. The molecule has 0 aromatic carbocycles. The minimum Gasteiger partial charge on any atom is -0.726 e. The summed E-state index contributed by atoms with van der Waals surface area (Å²) >= 11 is 0. The molecule has 10 rings (SSSR count). The summed E-state index contributed by atoms with van der Waals surface area (Å²) < 4.78 is 114. The van der Waals surface area contributed by atoms with Crippen LogP contribution in [0, 0.1) is 40.4 Å². The SMILES string of the molecule is CC(C)CC(=O)C[C@](C)(O)[C@H]1CC[C@H]2[C@@H]3C[C@H](O[C@@H]4O[C@H](C)[C@@H](O)[C@H](O[C@@H]5OC[C@@H](O[C@@H]6O[C@H](CO)[C@H](O)[C@H](O)[C@H]6O[C@@H]6O[C@H](C)[C@H](O)[C@H](O[C@@H]7O[C@H](CO)[C@H](O)[C@H](O)[C@H]7O)[C@H]6O)[C@H](O)[C@H]5O[C@@H]5O[C@H](C)[C@@H](O)[C@H](O)[C@H]5O)[C@H]4O)[C@H]4C[C@@H](OS(=O)(=O)[O-])CC[C@]4(C)C3=CC[C@@]21C.[Na+]. The molecular weight excluding hydrogens is 1330 g/mol. The van der Waals surface area contributed by atoms with Crippen molar-refractivity contribution in [2.45, 2.75) is 309 Å². The molecule has 0 spiro atoms. The van der Waals surface area contributed by atoms with Gasteiger partial charge in [0.2, 0.25) is 10.4 Å². The van der Waals surface area contributed by atoms with E-state index in [1.54, 1.807) is 6.92 Å². The number of hydrogen-bond donors (Lipinski definition) is 16. The van der Waals surface area contributed by atoms with Crippen molar-refractivity contribution in [3.8, 4) is 0 Å². The van der Waals surface area contributed by atoms with E-state index in [2.05, 4.69) is 13.0 Å². The van der Waals surface area contributed by atoms with Crippen molar-refractivity contribution in [1.82, 2.24) is 0 Å². The van der Waals surface area contributed by atoms with E-state index >= 15 is 0 Å². The van der Waals surface area contributed by atoms with E-state index in [-0.39, 0.29) is 84.7 Å². The van der Waals surface area contributed by atoms with Gasteiger partial charge in [-0.15, -0.1) is 0 Å². The van der Waals surface area contributed by atoms with E-state index in [1.165, 1.54) is 20.8 Å². The summed E-state index contributed by atoms with van der Waals surface area (Å²) in [5, 5.41) is 179. The summed E-state index contributed by atoms with van der Waals surface area (Å²) in [6.45, 7) is 11.4. The van der Waals surface area contributed by atoms with Crippen LogP contribution in [0.4, 0.5) is 0 Å². The van der Waals surface area contributed by atoms with E-state index in [9.17, 15) is 99.5 Å². The van der Waals surface area contributed by atoms with Crippen LogP contribution < -0.4 is 29.6 Å². The van der Waals surface area contributed by atoms with Gasteiger partial charge < -0.3 is 143 Å². The van der Waals surface area contributed by atoms with Crippen LogP contribution in [0.3, 0.4) is 0 Å². The number of carbonyl (C=O) groups excluding carboxylic acids is 1. The molecule has 0 unspecified atom stereocenters. The number of carbonyl (C=O) groups is 1. The Morgan fingerprint density at radius 1 is 0.588 bits per heavy atom. The van der Waals surface area contributed by atoms with Crippen molar-refractivity contribution >= 4 is 16.2 Å². The van der Waals surface area contributed by atoms with Crippen LogP contribution >= 0.6 is 0 Å². The zero-order valence-corrected chi connectivity index (χ0v) is 58.7. The molecule has 16 N–H and O–H groups in total. The Labute approximate surface area is 584 Å². The molecule has 0 aromatic heterocycles. The minimum absolute atomic E-state index is 0. The largest absolute Gasteiger partial charge is 1.00 e. The first-order chi connectivity index (χ1) is 44.9. The second-order valence-electron chi connectivity index (χ2n) is 29.5. The summed E-state index contributed by atoms with van der Waals surface area (Å²) in [5.41, 5.74) is -1.41. The number of aliphatic hydroxyl groups is 16. The molecule has 33 nitrogen and oxygen atoms in total. The zero-order valence-electron chi connectivity index (χ0n) is 55.9. The number of fused-ring (bicyclic) bond motifs is 5. The van der Waals surface area contributed by atoms with Gasteiger partial charge in [-0.25, -0.2) is 8.42 Å². The van der Waals surface area contributed by atoms with E-state index in [0.717, 1.165) is 5.57 Å². The predicted octanol–water partition coefficient (Wildman–Crippen LogP) is -8.19. The number of ketones is 1. The molecule has 554 valence electrons. The standard InChI is InChI=1S/C62H102O33S.Na/c1-22(2)15-26(65)18-62(8,79)36-10-9-29-28-17-32(31-16-27(95-96(80,81)82)11-13-60(31,6)30(28)12-14-61(29,36)7)87-56-48(77)51(39(68)24(4)85-56)92-58-52(93-54-46(75)43(72)37(66)23(3)84-54)42(71)35(21-83-58)90-59-53(45(74)41(70)34(20-64)89-59)94-57-49(78)50(38(67)25(5)86-57)91-55-47(76)44(73)40(69)33(19-63)88-55;/h12,22-25,27-29,31-59,63-64,66-79H,9-11,13-21H2,1-8H3,(H,80,81,82);/q;+1/p-1/t23-,24-,25-,27+,28+,29+,31-,32+,33-,34-,35-,36+,37-,38+,39-,40+,41+,42+,43+,44+,45+,46-,47-,48-,49-,50+,51+,52-,53-,54+,55+,56+,57+,58+,59+,60-,61+,62+;/m1./s1. The monoisotopic (exact) mass is 1430 g/mol. The van der Waals surface area contributed by atoms with Crippen molar-refractivity contribution in [2.75, 3.05) is 19.8 Å². The molecule has 35 heteroatoms. The molecular formula is C62H101NaO33S. The molecule has 6 aliphatic heterocycles. The van der Waals surface area contributed by atoms with Gasteiger partial charge in [-0.1, -0.05) is 39.3 Å². The van der Waals surface area contributed by atoms with Crippen LogP contribution in [0.2, 0.25) is 0 Å². The Bertz CT molecular complexity index is 2760. The molecule has 0 radical (unpaired) electrons. The number of hydrogen-bond acceptors (Lipinski definition) is 33. The molecule has 6 heterocycles. The van der Waals surface area contributed by atoms with Gasteiger partial charge in [0.05, 0.1) is 55.9 Å². The molecule has 0 amide bonds. The number of rotatable bonds is 21. The van der Waals surface area contributed by atoms with Gasteiger partial charge in [0.15, 0.2) is 37.7 Å². The average Bonchev–Trinajstić information content (AvgIpc) is 1.69. The summed E-state index contributed by atoms with van der Waals surface area (Å²) in [5.74, 6) is -1.01. The Kier molecular flexibility index (Phi) is 26.2. The fourth-order valence-corrected chi connectivity index (χ4v) is 17.7. The van der Waals surface area contributed by atoms with E-state index in [4.69, 9.17) is 61.0 Å². The number of Topliss-reactive ketones (excluding diaryl/α,β-unsaturated/α-hetero) is 1. The van der Waals surface area contributed by atoms with Crippen molar-refractivity contribution in [2.24, 2.45) is 40.4 Å². The van der Waals surface area contributed by atoms with Crippen molar-refractivity contribution in [1.29, 1.82) is 0 Å². The summed E-state index contributed by atoms with van der Waals surface area (Å²) in [6, 6.07) is 0. The third kappa shape index (κ3) is 16.3. The van der Waals surface area contributed by atoms with Crippen LogP contribution in [0.15, 0.2) is 11.6 Å². The second-order valence-corrected chi connectivity index (χ2v) is 30.5. The zero-order chi connectivity index (χ0) is 70.3. The fourth-order valence-electron chi connectivity index (χ4n) is 17.2. The van der Waals surface area contributed by atoms with Gasteiger partial charge in [-0.05, 0) is 113 Å². The van der Waals surface area contributed by atoms with Crippen LogP contribution in [0.1, 0.15) is 113 Å². The molecule has 4 aliphatic carbocycles. The van der Waals surface area contributed by atoms with E-state index in [1.807, 2.05) is 20.8 Å². The van der Waals surface area contributed by atoms with Crippen LogP contribution in [-0.2, 0) is 76.2 Å². The fraction of sp³-hybridized carbons (Fsp3) is 0.952. The minimum atomic E-state index is -5.17. The molecule has 10 aliphatic rings. The quantitative estimate of drug-likeness (QED) is 0.0220. The third-order valence-corrected chi connectivity index (χ3v) is 22.9. The molecule has 3 saturated carbocycles. The molecule has 9 fully saturated rings. The first-order valence-corrected chi connectivity index (χ1v) is 34.7. The second kappa shape index (κ2) is 31.7. The predicted molar refractivity (Wildman–Crippen MR) is 316 cm³/mol. The van der Waals surface area contributed by atoms with E-state index in [0.29, 0.717) is 32.1 Å². The van der Waals surface area contributed by atoms with Crippen LogP contribution in [0.25, 0.3) is 0 Å². The van der Waals surface area contributed by atoms with Gasteiger partial charge in [0.25, 0.3) is 0 Å². The Balaban J connectivity index is 0.0000110. The maximum Gasteiger partial charge on any atom is 1.00 e. The summed E-state index contributed by atoms with van der Waals surface area (Å²) in [6.07, 6.45) is -49.0. The topological polar surface area (TPSA) is 518 Å². The molecule has 0 aromatic rings. The third-order valence-electron chi connectivity index (χ3n) is 22.4. The maximum absolute atomic E-state index is 13.3. The van der Waals surface area contributed by atoms with Crippen molar-refractivity contribution < 1.29 is 190 Å². The van der Waals surface area contributed by atoms with Gasteiger partial charge >= 0.3 is 29.6 Å². The number of aliphatic hydroxyl groups excluding tert-OH is 15. The van der Waals surface area contributed by atoms with Crippen LogP contribution in [-0.4, -0.2) is 316 Å². The first kappa shape index (κ1) is 80.3. The maximum atomic E-state index is 13.3. The summed E-state index contributed by atoms with van der Waals surface area (Å²) in [7, 11) is -5.17. The number of ether oxygens (including phenoxy) is 12. The number of allylic oxidation sites excluding steroid dienone is 2. The van der Waals surface area contributed by atoms with Gasteiger partial charge in [0, 0.05) is 12.8 Å². The molecule has 97 heavy (non-hydrogen) atoms. The molecule has 38 atom stereocenters. The van der Waals surface area contributed by atoms with Crippen LogP contribution in [0.5, 0.6) is 0 Å². The normalized spacial score (nSPS) is 51.1.